The van der Waals surface area contributed by atoms with E-state index in [0.29, 0.717) is 5.78 Å². The van der Waals surface area contributed by atoms with Gasteiger partial charge in [-0.05, 0) is 32.6 Å². The summed E-state index contributed by atoms with van der Waals surface area (Å²) in [6.45, 7) is 1.99. The molecule has 0 aliphatic heterocycles. The Kier molecular flexibility index (Phi) is 1.33. The maximum Gasteiger partial charge on any atom is 0.172 e. The molecule has 1 aromatic heterocycles. The number of carbonyl (C=O) groups is 1. The Hall–Kier alpha value is -1.12. The van der Waals surface area contributed by atoms with Crippen molar-refractivity contribution in [2.45, 2.75) is 32.6 Å². The Balaban J connectivity index is 2.18. The van der Waals surface area contributed by atoms with Crippen LogP contribution in [0.15, 0.2) is 0 Å². The molecule has 2 aliphatic rings. The highest BCUT2D eigenvalue weighted by molar-refractivity contribution is 6.05. The van der Waals surface area contributed by atoms with E-state index in [1.807, 2.05) is 18.7 Å². The minimum absolute atomic E-state index is 0.0425. The number of aryl methyl sites for hydroxylation is 2. The minimum atomic E-state index is 0.0425. The standard InChI is InChI=1S/C11H14N2O/c1-7-9-8(12-13(7)2)3-4-11(5-6-11)10(9)14/h3-6H2,1-2H3. The lowest BCUT2D eigenvalue weighted by atomic mass is 9.82. The second kappa shape index (κ2) is 2.27. The topological polar surface area (TPSA) is 34.9 Å². The molecule has 0 aromatic carbocycles. The van der Waals surface area contributed by atoms with Crippen LogP contribution >= 0.6 is 0 Å². The summed E-state index contributed by atoms with van der Waals surface area (Å²) >= 11 is 0. The molecule has 3 nitrogen and oxygen atoms in total. The second-order valence-electron chi connectivity index (χ2n) is 4.64. The molecular weight excluding hydrogens is 176 g/mol. The van der Waals surface area contributed by atoms with Crippen molar-refractivity contribution in [1.82, 2.24) is 9.78 Å². The van der Waals surface area contributed by atoms with E-state index in [4.69, 9.17) is 0 Å². The summed E-state index contributed by atoms with van der Waals surface area (Å²) in [5, 5.41) is 4.39. The van der Waals surface area contributed by atoms with Crippen molar-refractivity contribution >= 4 is 5.78 Å². The highest BCUT2D eigenvalue weighted by Gasteiger charge is 2.53. The molecule has 74 valence electrons. The van der Waals surface area contributed by atoms with Crippen LogP contribution in [0.3, 0.4) is 0 Å². The molecule has 0 saturated heterocycles. The van der Waals surface area contributed by atoms with Crippen LogP contribution in [-0.2, 0) is 13.5 Å². The quantitative estimate of drug-likeness (QED) is 0.623. The van der Waals surface area contributed by atoms with E-state index in [1.165, 1.54) is 0 Å². The first kappa shape index (κ1) is 8.21. The van der Waals surface area contributed by atoms with Gasteiger partial charge in [0.05, 0.1) is 11.3 Å². The Morgan fingerprint density at radius 2 is 2.07 bits per heavy atom. The van der Waals surface area contributed by atoms with E-state index >= 15 is 0 Å². The first-order valence-electron chi connectivity index (χ1n) is 5.21. The molecule has 3 heteroatoms. The van der Waals surface area contributed by atoms with Gasteiger partial charge >= 0.3 is 0 Å². The first-order chi connectivity index (χ1) is 6.64. The molecule has 0 atom stereocenters. The number of Topliss-reactive ketones (excluding diaryl/α,β-unsaturated/α-hetero) is 1. The van der Waals surface area contributed by atoms with Crippen molar-refractivity contribution in [3.05, 3.63) is 17.0 Å². The van der Waals surface area contributed by atoms with Crippen molar-refractivity contribution in [3.8, 4) is 0 Å². The summed E-state index contributed by atoms with van der Waals surface area (Å²) in [5.74, 6) is 0.365. The molecule has 1 saturated carbocycles. The molecule has 0 unspecified atom stereocenters. The Labute approximate surface area is 83.1 Å². The van der Waals surface area contributed by atoms with E-state index in [-0.39, 0.29) is 5.41 Å². The fourth-order valence-electron chi connectivity index (χ4n) is 2.51. The first-order valence-corrected chi connectivity index (χ1v) is 5.21. The fraction of sp³-hybridized carbons (Fsp3) is 0.636. The van der Waals surface area contributed by atoms with Gasteiger partial charge < -0.3 is 0 Å². The third-order valence-electron chi connectivity index (χ3n) is 3.81. The number of aromatic nitrogens is 2. The number of hydrogen-bond donors (Lipinski definition) is 0. The van der Waals surface area contributed by atoms with E-state index in [2.05, 4.69) is 5.10 Å². The van der Waals surface area contributed by atoms with Gasteiger partial charge in [0, 0.05) is 18.2 Å². The Morgan fingerprint density at radius 1 is 1.36 bits per heavy atom. The van der Waals surface area contributed by atoms with E-state index < -0.39 is 0 Å². The van der Waals surface area contributed by atoms with Crippen LogP contribution in [0.1, 0.15) is 41.0 Å². The van der Waals surface area contributed by atoms with Gasteiger partial charge in [-0.15, -0.1) is 0 Å². The van der Waals surface area contributed by atoms with Gasteiger partial charge in [-0.3, -0.25) is 9.48 Å². The van der Waals surface area contributed by atoms with Crippen molar-refractivity contribution < 1.29 is 4.79 Å². The molecule has 2 aliphatic carbocycles. The van der Waals surface area contributed by atoms with Crippen LogP contribution in [0, 0.1) is 12.3 Å². The average molecular weight is 190 g/mol. The Bertz CT molecular complexity index is 427. The predicted molar refractivity (Wildman–Crippen MR) is 52.3 cm³/mol. The predicted octanol–water partition coefficient (Wildman–Crippen LogP) is 1.64. The zero-order chi connectivity index (χ0) is 9.92. The summed E-state index contributed by atoms with van der Waals surface area (Å²) in [6, 6.07) is 0. The van der Waals surface area contributed by atoms with E-state index in [0.717, 1.165) is 42.6 Å². The number of rotatable bonds is 0. The van der Waals surface area contributed by atoms with Crippen LogP contribution in [0.5, 0.6) is 0 Å². The third-order valence-corrected chi connectivity index (χ3v) is 3.81. The van der Waals surface area contributed by atoms with Gasteiger partial charge in [0.15, 0.2) is 5.78 Å². The smallest absolute Gasteiger partial charge is 0.172 e. The molecule has 0 bridgehead atoms. The second-order valence-corrected chi connectivity index (χ2v) is 4.64. The van der Waals surface area contributed by atoms with Crippen LogP contribution in [0.2, 0.25) is 0 Å². The molecule has 1 aromatic rings. The summed E-state index contributed by atoms with van der Waals surface area (Å²) in [4.78, 5) is 12.2. The number of carbonyl (C=O) groups excluding carboxylic acids is 1. The molecule has 1 fully saturated rings. The Morgan fingerprint density at radius 3 is 2.71 bits per heavy atom. The number of fused-ring (bicyclic) bond motifs is 1. The lowest BCUT2D eigenvalue weighted by molar-refractivity contribution is 0.0879. The minimum Gasteiger partial charge on any atom is -0.293 e. The highest BCUT2D eigenvalue weighted by Crippen LogP contribution is 2.54. The molecule has 14 heavy (non-hydrogen) atoms. The van der Waals surface area contributed by atoms with Crippen LogP contribution < -0.4 is 0 Å². The summed E-state index contributed by atoms with van der Waals surface area (Å²) in [6.07, 6.45) is 4.21. The van der Waals surface area contributed by atoms with Gasteiger partial charge in [0.2, 0.25) is 0 Å². The van der Waals surface area contributed by atoms with Crippen molar-refractivity contribution in [1.29, 1.82) is 0 Å². The normalized spacial score (nSPS) is 22.6. The molecule has 3 rings (SSSR count). The molecular formula is C11H14N2O. The molecule has 1 heterocycles. The highest BCUT2D eigenvalue weighted by atomic mass is 16.1. The fourth-order valence-corrected chi connectivity index (χ4v) is 2.51. The van der Waals surface area contributed by atoms with Crippen molar-refractivity contribution in [3.63, 3.8) is 0 Å². The van der Waals surface area contributed by atoms with Crippen LogP contribution in [-0.4, -0.2) is 15.6 Å². The van der Waals surface area contributed by atoms with Gasteiger partial charge in [-0.2, -0.15) is 5.10 Å². The summed E-state index contributed by atoms with van der Waals surface area (Å²) < 4.78 is 1.84. The maximum absolute atomic E-state index is 12.2. The molecule has 0 amide bonds. The molecule has 1 spiro atoms. The lowest BCUT2D eigenvalue weighted by Crippen LogP contribution is -2.23. The lowest BCUT2D eigenvalue weighted by Gasteiger charge is -2.19. The zero-order valence-electron chi connectivity index (χ0n) is 8.63. The molecule has 0 radical (unpaired) electrons. The van der Waals surface area contributed by atoms with Crippen LogP contribution in [0.4, 0.5) is 0 Å². The summed E-state index contributed by atoms with van der Waals surface area (Å²) in [7, 11) is 1.92. The zero-order valence-corrected chi connectivity index (χ0v) is 8.63. The van der Waals surface area contributed by atoms with E-state index in [9.17, 15) is 4.79 Å². The molecule has 0 N–H and O–H groups in total. The van der Waals surface area contributed by atoms with Crippen LogP contribution in [0.25, 0.3) is 0 Å². The van der Waals surface area contributed by atoms with Gasteiger partial charge in [-0.1, -0.05) is 0 Å². The number of hydrogen-bond acceptors (Lipinski definition) is 2. The summed E-state index contributed by atoms with van der Waals surface area (Å²) in [5.41, 5.74) is 3.03. The van der Waals surface area contributed by atoms with Gasteiger partial charge in [0.25, 0.3) is 0 Å². The average Bonchev–Trinajstić information content (AvgIpc) is 2.87. The van der Waals surface area contributed by atoms with E-state index in [1.54, 1.807) is 0 Å². The largest absolute Gasteiger partial charge is 0.293 e. The SMILES string of the molecule is Cc1c2c(nn1C)CCC1(CC1)C2=O. The van der Waals surface area contributed by atoms with Crippen molar-refractivity contribution in [2.24, 2.45) is 12.5 Å². The third kappa shape index (κ3) is 0.825. The van der Waals surface area contributed by atoms with Gasteiger partial charge in [-0.25, -0.2) is 0 Å². The monoisotopic (exact) mass is 190 g/mol. The number of nitrogens with zero attached hydrogens (tertiary/aromatic N) is 2. The number of ketones is 1. The maximum atomic E-state index is 12.2. The van der Waals surface area contributed by atoms with Crippen molar-refractivity contribution in [2.75, 3.05) is 0 Å². The van der Waals surface area contributed by atoms with Gasteiger partial charge in [0.1, 0.15) is 0 Å².